The summed E-state index contributed by atoms with van der Waals surface area (Å²) in [6.45, 7) is -2.94. The fraction of sp³-hybridized carbons (Fsp3) is 0.200. The monoisotopic (exact) mass is 176 g/mol. The Balaban J connectivity index is 2.70. The molecule has 1 heterocycles. The van der Waals surface area contributed by atoms with Gasteiger partial charge in [-0.1, -0.05) is 0 Å². The van der Waals surface area contributed by atoms with Crippen molar-refractivity contribution >= 4 is 18.2 Å². The van der Waals surface area contributed by atoms with Crippen LogP contribution < -0.4 is 0 Å². The number of allylic oxidation sites excluding steroid dienone is 1. The van der Waals surface area contributed by atoms with E-state index >= 15 is 0 Å². The van der Waals surface area contributed by atoms with Crippen LogP contribution in [0.2, 0.25) is 0 Å². The highest BCUT2D eigenvalue weighted by atomic mass is 32.7. The molecule has 0 amide bonds. The summed E-state index contributed by atoms with van der Waals surface area (Å²) in [5, 5.41) is 1.50. The summed E-state index contributed by atoms with van der Waals surface area (Å²) in [7, 11) is 1.32. The first-order chi connectivity index (χ1) is 4.70. The molecule has 0 saturated heterocycles. The van der Waals surface area contributed by atoms with Crippen LogP contribution in [0.3, 0.4) is 0 Å². The normalized spacial score (nSPS) is 30.6. The van der Waals surface area contributed by atoms with Crippen LogP contribution in [0.4, 0.5) is 0 Å². The minimum absolute atomic E-state index is 0.273. The standard InChI is InChI=1S/C5H5O3PS/c1-3-5-4-10-9(6,7-2)8-5/h1,4H,2H3. The van der Waals surface area contributed by atoms with Crippen LogP contribution in [-0.2, 0) is 13.6 Å². The highest BCUT2D eigenvalue weighted by molar-refractivity contribution is 8.57. The number of rotatable bonds is 1. The SMILES string of the molecule is C#CC1=CSP(=O)(OC)O1. The van der Waals surface area contributed by atoms with Gasteiger partial charge in [-0.3, -0.25) is 4.52 Å². The fourth-order valence-corrected chi connectivity index (χ4v) is 2.68. The summed E-state index contributed by atoms with van der Waals surface area (Å²) >= 11 is 0.984. The highest BCUT2D eigenvalue weighted by Gasteiger charge is 2.30. The summed E-state index contributed by atoms with van der Waals surface area (Å²) < 4.78 is 20.5. The second kappa shape index (κ2) is 2.71. The first kappa shape index (κ1) is 7.74. The van der Waals surface area contributed by atoms with Crippen LogP contribution in [-0.4, -0.2) is 7.11 Å². The molecule has 1 aliphatic heterocycles. The molecule has 0 spiro atoms. The third-order valence-corrected chi connectivity index (χ3v) is 4.07. The van der Waals surface area contributed by atoms with Crippen LogP contribution in [0.25, 0.3) is 0 Å². The van der Waals surface area contributed by atoms with Gasteiger partial charge in [-0.2, -0.15) is 0 Å². The van der Waals surface area contributed by atoms with E-state index in [0.29, 0.717) is 0 Å². The van der Waals surface area contributed by atoms with Gasteiger partial charge in [0, 0.05) is 23.9 Å². The number of terminal acetylenes is 1. The van der Waals surface area contributed by atoms with Crippen molar-refractivity contribution in [2.75, 3.05) is 7.11 Å². The molecule has 0 radical (unpaired) electrons. The van der Waals surface area contributed by atoms with E-state index in [4.69, 9.17) is 10.9 Å². The van der Waals surface area contributed by atoms with Gasteiger partial charge in [0.05, 0.1) is 0 Å². The van der Waals surface area contributed by atoms with Crippen LogP contribution in [0, 0.1) is 12.3 Å². The second-order valence-electron chi connectivity index (χ2n) is 1.45. The summed E-state index contributed by atoms with van der Waals surface area (Å²) in [4.78, 5) is 0. The lowest BCUT2D eigenvalue weighted by Crippen LogP contribution is -1.80. The van der Waals surface area contributed by atoms with Crippen LogP contribution >= 0.6 is 18.2 Å². The van der Waals surface area contributed by atoms with Crippen molar-refractivity contribution in [3.8, 4) is 12.3 Å². The van der Waals surface area contributed by atoms with Gasteiger partial charge >= 0.3 is 6.80 Å². The van der Waals surface area contributed by atoms with Gasteiger partial charge in [-0.15, -0.1) is 6.42 Å². The molecule has 54 valence electrons. The number of hydrogen-bond acceptors (Lipinski definition) is 4. The Labute approximate surface area is 63.1 Å². The molecule has 10 heavy (non-hydrogen) atoms. The molecule has 0 fully saturated rings. The minimum atomic E-state index is -2.94. The molecule has 0 aliphatic carbocycles. The average molecular weight is 176 g/mol. The Hall–Kier alpha value is -0.360. The van der Waals surface area contributed by atoms with Crippen molar-refractivity contribution in [2.24, 2.45) is 0 Å². The van der Waals surface area contributed by atoms with Crippen LogP contribution in [0.5, 0.6) is 0 Å². The maximum absolute atomic E-state index is 11.1. The molecule has 0 aromatic rings. The third kappa shape index (κ3) is 1.38. The Morgan fingerprint density at radius 2 is 2.70 bits per heavy atom. The molecule has 3 nitrogen and oxygen atoms in total. The van der Waals surface area contributed by atoms with Gasteiger partial charge in [0.1, 0.15) is 0 Å². The summed E-state index contributed by atoms with van der Waals surface area (Å²) in [5.74, 6) is 2.49. The lowest BCUT2D eigenvalue weighted by Gasteiger charge is -2.05. The predicted octanol–water partition coefficient (Wildman–Crippen LogP) is 1.98. The van der Waals surface area contributed by atoms with Crippen LogP contribution in [0.1, 0.15) is 0 Å². The maximum atomic E-state index is 11.1. The Morgan fingerprint density at radius 1 is 2.00 bits per heavy atom. The van der Waals surface area contributed by atoms with Crippen LogP contribution in [0.15, 0.2) is 11.2 Å². The predicted molar refractivity (Wildman–Crippen MR) is 40.2 cm³/mol. The van der Waals surface area contributed by atoms with E-state index in [1.165, 1.54) is 12.5 Å². The molecule has 1 atom stereocenters. The van der Waals surface area contributed by atoms with E-state index in [-0.39, 0.29) is 5.76 Å². The molecule has 0 N–H and O–H groups in total. The van der Waals surface area contributed by atoms with Gasteiger partial charge in [-0.05, 0) is 5.92 Å². The minimum Gasteiger partial charge on any atom is -0.407 e. The molecule has 0 aromatic carbocycles. The van der Waals surface area contributed by atoms with Gasteiger partial charge < -0.3 is 4.52 Å². The molecule has 0 bridgehead atoms. The zero-order chi connectivity index (χ0) is 7.61. The highest BCUT2D eigenvalue weighted by Crippen LogP contribution is 2.66. The van der Waals surface area contributed by atoms with Crippen molar-refractivity contribution in [1.29, 1.82) is 0 Å². The van der Waals surface area contributed by atoms with Crippen molar-refractivity contribution in [2.45, 2.75) is 0 Å². The first-order valence-electron chi connectivity index (χ1n) is 2.41. The second-order valence-corrected chi connectivity index (χ2v) is 5.32. The van der Waals surface area contributed by atoms with Crippen molar-refractivity contribution in [3.63, 3.8) is 0 Å². The average Bonchev–Trinajstić information content (AvgIpc) is 2.33. The topological polar surface area (TPSA) is 35.5 Å². The quantitative estimate of drug-likeness (QED) is 0.452. The third-order valence-electron chi connectivity index (χ3n) is 0.865. The lowest BCUT2D eigenvalue weighted by molar-refractivity contribution is 0.313. The lowest BCUT2D eigenvalue weighted by atomic mass is 10.6. The van der Waals surface area contributed by atoms with Crippen molar-refractivity contribution < 1.29 is 13.6 Å². The molecule has 1 unspecified atom stereocenters. The fourth-order valence-electron chi connectivity index (χ4n) is 0.417. The van der Waals surface area contributed by atoms with Crippen molar-refractivity contribution in [1.82, 2.24) is 0 Å². The molecule has 1 rings (SSSR count). The van der Waals surface area contributed by atoms with Gasteiger partial charge in [0.15, 0.2) is 5.76 Å². The molecular weight excluding hydrogens is 171 g/mol. The van der Waals surface area contributed by atoms with E-state index in [1.807, 2.05) is 0 Å². The Bertz CT molecular complexity index is 252. The summed E-state index contributed by atoms with van der Waals surface area (Å²) in [6, 6.07) is 0. The van der Waals surface area contributed by atoms with E-state index in [9.17, 15) is 4.57 Å². The number of hydrogen-bond donors (Lipinski definition) is 0. The van der Waals surface area contributed by atoms with Gasteiger partial charge in [0.2, 0.25) is 0 Å². The van der Waals surface area contributed by atoms with Crippen molar-refractivity contribution in [3.05, 3.63) is 11.2 Å². The van der Waals surface area contributed by atoms with E-state index < -0.39 is 6.80 Å². The Kier molecular flexibility index (Phi) is 2.10. The van der Waals surface area contributed by atoms with E-state index in [0.717, 1.165) is 11.4 Å². The summed E-state index contributed by atoms with van der Waals surface area (Å²) in [5.41, 5.74) is 0. The van der Waals surface area contributed by atoms with E-state index in [2.05, 4.69) is 10.4 Å². The van der Waals surface area contributed by atoms with E-state index in [1.54, 1.807) is 0 Å². The smallest absolute Gasteiger partial charge is 0.407 e. The Morgan fingerprint density at radius 3 is 3.00 bits per heavy atom. The van der Waals surface area contributed by atoms with Gasteiger partial charge in [-0.25, -0.2) is 4.57 Å². The largest absolute Gasteiger partial charge is 0.444 e. The molecule has 0 saturated carbocycles. The maximum Gasteiger partial charge on any atom is 0.444 e. The molecule has 1 aliphatic rings. The zero-order valence-electron chi connectivity index (χ0n) is 5.23. The molecular formula is C5H5O3PS. The summed E-state index contributed by atoms with van der Waals surface area (Å²) in [6.07, 6.45) is 4.98. The zero-order valence-corrected chi connectivity index (χ0v) is 6.95. The molecule has 5 heteroatoms. The first-order valence-corrected chi connectivity index (χ1v) is 5.43. The molecule has 0 aromatic heterocycles. The van der Waals surface area contributed by atoms with Gasteiger partial charge in [0.25, 0.3) is 0 Å².